The maximum atomic E-state index is 12.4. The number of carbonyl (C=O) groups excluding carboxylic acids is 1. The smallest absolute Gasteiger partial charge is 0.407 e. The molecular formula is C18H29N5O4. The van der Waals surface area contributed by atoms with E-state index in [2.05, 4.69) is 10.3 Å². The molecule has 2 aromatic heterocycles. The number of amides is 1. The zero-order chi connectivity index (χ0) is 20.2. The van der Waals surface area contributed by atoms with E-state index in [4.69, 9.17) is 4.74 Å². The van der Waals surface area contributed by atoms with Gasteiger partial charge in [-0.1, -0.05) is 12.8 Å². The summed E-state index contributed by atoms with van der Waals surface area (Å²) in [5.74, 6) is 0. The lowest BCUT2D eigenvalue weighted by molar-refractivity contribution is 0.0527. The number of aromatic nitrogens is 4. The van der Waals surface area contributed by atoms with Crippen LogP contribution in [0.4, 0.5) is 4.79 Å². The Hall–Kier alpha value is -2.58. The van der Waals surface area contributed by atoms with Crippen molar-refractivity contribution < 1.29 is 9.53 Å². The van der Waals surface area contributed by atoms with Crippen LogP contribution in [-0.2, 0) is 25.4 Å². The van der Waals surface area contributed by atoms with Crippen molar-refractivity contribution in [2.45, 2.75) is 58.6 Å². The third-order valence-electron chi connectivity index (χ3n) is 4.21. The van der Waals surface area contributed by atoms with Crippen molar-refractivity contribution in [3.05, 3.63) is 27.2 Å². The van der Waals surface area contributed by atoms with Gasteiger partial charge in [-0.25, -0.2) is 14.6 Å². The van der Waals surface area contributed by atoms with E-state index in [9.17, 15) is 14.4 Å². The van der Waals surface area contributed by atoms with E-state index in [1.807, 2.05) is 20.8 Å². The van der Waals surface area contributed by atoms with E-state index in [1.54, 1.807) is 17.9 Å². The van der Waals surface area contributed by atoms with E-state index < -0.39 is 11.7 Å². The number of rotatable bonds is 7. The van der Waals surface area contributed by atoms with Crippen LogP contribution < -0.4 is 16.6 Å². The van der Waals surface area contributed by atoms with Crippen molar-refractivity contribution in [2.24, 2.45) is 14.1 Å². The Bertz CT molecular complexity index is 917. The van der Waals surface area contributed by atoms with E-state index in [0.717, 1.165) is 30.3 Å². The Morgan fingerprint density at radius 3 is 2.44 bits per heavy atom. The summed E-state index contributed by atoms with van der Waals surface area (Å²) in [7, 11) is 3.08. The van der Waals surface area contributed by atoms with E-state index >= 15 is 0 Å². The van der Waals surface area contributed by atoms with Crippen LogP contribution in [0.25, 0.3) is 11.2 Å². The van der Waals surface area contributed by atoms with Crippen molar-refractivity contribution in [1.29, 1.82) is 0 Å². The predicted octanol–water partition coefficient (Wildman–Crippen LogP) is 1.52. The van der Waals surface area contributed by atoms with Gasteiger partial charge in [0.2, 0.25) is 0 Å². The molecule has 0 saturated heterocycles. The molecule has 27 heavy (non-hydrogen) atoms. The number of hydrogen-bond donors (Lipinski definition) is 1. The van der Waals surface area contributed by atoms with Crippen LogP contribution in [0.5, 0.6) is 0 Å². The van der Waals surface area contributed by atoms with Crippen LogP contribution in [0.3, 0.4) is 0 Å². The molecule has 0 aliphatic carbocycles. The average Bonchev–Trinajstić information content (AvgIpc) is 2.99. The quantitative estimate of drug-likeness (QED) is 0.735. The lowest BCUT2D eigenvalue weighted by atomic mass is 10.2. The van der Waals surface area contributed by atoms with E-state index in [1.165, 1.54) is 11.6 Å². The highest BCUT2D eigenvalue weighted by Gasteiger charge is 2.15. The number of imidazole rings is 1. The normalized spacial score (nSPS) is 11.7. The van der Waals surface area contributed by atoms with E-state index in [-0.39, 0.29) is 11.2 Å². The Labute approximate surface area is 158 Å². The molecule has 2 rings (SSSR count). The van der Waals surface area contributed by atoms with Crippen molar-refractivity contribution in [2.75, 3.05) is 6.54 Å². The number of aryl methyl sites for hydroxylation is 2. The molecule has 0 bridgehead atoms. The van der Waals surface area contributed by atoms with Gasteiger partial charge in [-0.05, 0) is 33.6 Å². The summed E-state index contributed by atoms with van der Waals surface area (Å²) in [5, 5.41) is 2.74. The maximum Gasteiger partial charge on any atom is 0.407 e. The number of nitrogens with zero attached hydrogens (tertiary/aromatic N) is 4. The summed E-state index contributed by atoms with van der Waals surface area (Å²) in [4.78, 5) is 40.0. The second-order valence-corrected chi connectivity index (χ2v) is 7.66. The summed E-state index contributed by atoms with van der Waals surface area (Å²) in [6, 6.07) is 0. The molecule has 0 aliphatic rings. The van der Waals surface area contributed by atoms with Gasteiger partial charge in [0.05, 0.1) is 6.33 Å². The third kappa shape index (κ3) is 5.21. The molecule has 150 valence electrons. The fourth-order valence-corrected chi connectivity index (χ4v) is 2.83. The largest absolute Gasteiger partial charge is 0.444 e. The predicted molar refractivity (Wildman–Crippen MR) is 103 cm³/mol. The summed E-state index contributed by atoms with van der Waals surface area (Å²) in [6.45, 7) is 6.72. The second-order valence-electron chi connectivity index (χ2n) is 7.66. The number of alkyl carbamates (subject to hydrolysis) is 1. The van der Waals surface area contributed by atoms with Crippen LogP contribution in [0.2, 0.25) is 0 Å². The molecule has 0 aromatic carbocycles. The minimum atomic E-state index is -0.488. The molecule has 0 aliphatic heterocycles. The van der Waals surface area contributed by atoms with Gasteiger partial charge in [0.15, 0.2) is 11.2 Å². The fourth-order valence-electron chi connectivity index (χ4n) is 2.83. The molecule has 1 amide bonds. The van der Waals surface area contributed by atoms with Crippen LogP contribution in [0, 0.1) is 0 Å². The lowest BCUT2D eigenvalue weighted by Gasteiger charge is -2.19. The van der Waals surface area contributed by atoms with Gasteiger partial charge in [0.1, 0.15) is 5.60 Å². The van der Waals surface area contributed by atoms with Gasteiger partial charge >= 0.3 is 11.8 Å². The topological polar surface area (TPSA) is 100 Å². The number of hydrogen-bond acceptors (Lipinski definition) is 5. The first-order valence-corrected chi connectivity index (χ1v) is 9.19. The lowest BCUT2D eigenvalue weighted by Crippen LogP contribution is -2.37. The monoisotopic (exact) mass is 379 g/mol. The first-order chi connectivity index (χ1) is 12.6. The van der Waals surface area contributed by atoms with Crippen LogP contribution in [0.1, 0.15) is 46.5 Å². The highest BCUT2D eigenvalue weighted by molar-refractivity contribution is 5.69. The molecule has 0 radical (unpaired) electrons. The molecule has 0 fully saturated rings. The summed E-state index contributed by atoms with van der Waals surface area (Å²) in [5.41, 5.74) is -0.337. The first kappa shape index (κ1) is 20.7. The zero-order valence-electron chi connectivity index (χ0n) is 16.7. The number of fused-ring (bicyclic) bond motifs is 1. The van der Waals surface area contributed by atoms with Gasteiger partial charge in [-0.3, -0.25) is 13.9 Å². The molecule has 2 aromatic rings. The third-order valence-corrected chi connectivity index (χ3v) is 4.21. The molecule has 0 saturated carbocycles. The molecule has 0 unspecified atom stereocenters. The SMILES string of the molecule is Cn1c(=O)c2c(ncn2CCCCCCNC(=O)OC(C)(C)C)n(C)c1=O. The van der Waals surface area contributed by atoms with Crippen molar-refractivity contribution >= 4 is 17.3 Å². The maximum absolute atomic E-state index is 12.4. The molecule has 9 heteroatoms. The van der Waals surface area contributed by atoms with Crippen LogP contribution in [-0.4, -0.2) is 36.9 Å². The van der Waals surface area contributed by atoms with Gasteiger partial charge in [0, 0.05) is 27.2 Å². The van der Waals surface area contributed by atoms with Gasteiger partial charge in [0.25, 0.3) is 5.56 Å². The van der Waals surface area contributed by atoms with Gasteiger partial charge in [-0.15, -0.1) is 0 Å². The average molecular weight is 379 g/mol. The fraction of sp³-hybridized carbons (Fsp3) is 0.667. The Morgan fingerprint density at radius 2 is 1.78 bits per heavy atom. The highest BCUT2D eigenvalue weighted by atomic mass is 16.6. The molecular weight excluding hydrogens is 350 g/mol. The van der Waals surface area contributed by atoms with Crippen molar-refractivity contribution in [3.8, 4) is 0 Å². The number of unbranched alkanes of at least 4 members (excludes halogenated alkanes) is 3. The van der Waals surface area contributed by atoms with E-state index in [0.29, 0.717) is 24.3 Å². The van der Waals surface area contributed by atoms with Crippen molar-refractivity contribution in [1.82, 2.24) is 24.0 Å². The minimum absolute atomic E-state index is 0.327. The molecule has 1 N–H and O–H groups in total. The molecule has 0 spiro atoms. The second kappa shape index (κ2) is 8.41. The summed E-state index contributed by atoms with van der Waals surface area (Å²) < 4.78 is 9.46. The van der Waals surface area contributed by atoms with Gasteiger partial charge < -0.3 is 14.6 Å². The summed E-state index contributed by atoms with van der Waals surface area (Å²) >= 11 is 0. The highest BCUT2D eigenvalue weighted by Crippen LogP contribution is 2.09. The zero-order valence-corrected chi connectivity index (χ0v) is 16.7. The number of carbonyl (C=O) groups is 1. The number of nitrogens with one attached hydrogen (secondary N) is 1. The molecule has 9 nitrogen and oxygen atoms in total. The Balaban J connectivity index is 1.79. The molecule has 2 heterocycles. The van der Waals surface area contributed by atoms with Crippen molar-refractivity contribution in [3.63, 3.8) is 0 Å². The first-order valence-electron chi connectivity index (χ1n) is 9.19. The Morgan fingerprint density at radius 1 is 1.11 bits per heavy atom. The number of ether oxygens (including phenoxy) is 1. The van der Waals surface area contributed by atoms with Crippen LogP contribution >= 0.6 is 0 Å². The molecule has 0 atom stereocenters. The van der Waals surface area contributed by atoms with Crippen LogP contribution in [0.15, 0.2) is 15.9 Å². The van der Waals surface area contributed by atoms with Gasteiger partial charge in [-0.2, -0.15) is 0 Å². The minimum Gasteiger partial charge on any atom is -0.444 e. The Kier molecular flexibility index (Phi) is 6.45. The summed E-state index contributed by atoms with van der Waals surface area (Å²) in [6.07, 6.45) is 4.87. The standard InChI is InChI=1S/C18H29N5O4/c1-18(2,3)27-16(25)19-10-8-6-7-9-11-23-12-20-14-13(23)15(24)22(5)17(26)21(14)4/h12H,6-11H2,1-5H3,(H,19,25).